The van der Waals surface area contributed by atoms with E-state index in [0.717, 1.165) is 31.7 Å². The molecule has 0 bridgehead atoms. The Morgan fingerprint density at radius 1 is 0.850 bits per heavy atom. The van der Waals surface area contributed by atoms with E-state index in [4.69, 9.17) is 4.74 Å². The highest BCUT2D eigenvalue weighted by Gasteiger charge is 2.16. The van der Waals surface area contributed by atoms with Crippen LogP contribution < -0.4 is 22.5 Å². The van der Waals surface area contributed by atoms with Crippen LogP contribution in [-0.2, 0) is 0 Å². The lowest BCUT2D eigenvalue weighted by Crippen LogP contribution is -3.00. The van der Waals surface area contributed by atoms with Crippen LogP contribution in [0.3, 0.4) is 0 Å². The maximum Gasteiger partial charge on any atom is 0.127 e. The third kappa shape index (κ3) is 3.53. The largest absolute Gasteiger partial charge is 1.00 e. The van der Waals surface area contributed by atoms with Gasteiger partial charge in [0.15, 0.2) is 0 Å². The van der Waals surface area contributed by atoms with Crippen molar-refractivity contribution in [3.8, 4) is 16.9 Å². The van der Waals surface area contributed by atoms with Gasteiger partial charge in [0, 0.05) is 5.56 Å². The van der Waals surface area contributed by atoms with E-state index in [9.17, 15) is 0 Å². The summed E-state index contributed by atoms with van der Waals surface area (Å²) in [5.41, 5.74) is 2.40. The van der Waals surface area contributed by atoms with Crippen molar-refractivity contribution in [1.29, 1.82) is 0 Å². The van der Waals surface area contributed by atoms with Crippen LogP contribution >= 0.6 is 0 Å². The zero-order chi connectivity index (χ0) is 12.9. The maximum atomic E-state index is 6.20. The summed E-state index contributed by atoms with van der Waals surface area (Å²) >= 11 is 0. The van der Waals surface area contributed by atoms with Crippen molar-refractivity contribution in [3.05, 3.63) is 54.6 Å². The molecule has 1 aliphatic rings. The van der Waals surface area contributed by atoms with E-state index in [1.165, 1.54) is 11.1 Å². The normalized spacial score (nSPS) is 15.4. The fraction of sp³-hybridized carbons (Fsp3) is 0.294. The topological polar surface area (TPSA) is 21.3 Å². The number of ether oxygens (including phenoxy) is 1. The number of hydrogen-bond acceptors (Lipinski definition) is 2. The van der Waals surface area contributed by atoms with Crippen molar-refractivity contribution in [2.24, 2.45) is 0 Å². The highest BCUT2D eigenvalue weighted by molar-refractivity contribution is 5.70. The van der Waals surface area contributed by atoms with E-state index < -0.39 is 0 Å². The van der Waals surface area contributed by atoms with Crippen LogP contribution in [0.2, 0.25) is 0 Å². The molecule has 1 heterocycles. The highest BCUT2D eigenvalue weighted by atomic mass is 35.5. The van der Waals surface area contributed by atoms with E-state index in [1.54, 1.807) is 0 Å². The first-order chi connectivity index (χ1) is 9.43. The summed E-state index contributed by atoms with van der Waals surface area (Å²) in [4.78, 5) is 0. The molecule has 3 heteroatoms. The minimum absolute atomic E-state index is 0. The number of rotatable bonds is 3. The van der Waals surface area contributed by atoms with Gasteiger partial charge in [0.25, 0.3) is 0 Å². The second kappa shape index (κ2) is 7.32. The average Bonchev–Trinajstić information content (AvgIpc) is 2.50. The molecule has 1 N–H and O–H groups in total. The van der Waals surface area contributed by atoms with Crippen molar-refractivity contribution in [3.63, 3.8) is 0 Å². The lowest BCUT2D eigenvalue weighted by atomic mass is 10.0. The first-order valence-corrected chi connectivity index (χ1v) is 6.95. The molecule has 0 saturated carbocycles. The molecule has 2 aromatic rings. The van der Waals surface area contributed by atoms with Gasteiger partial charge in [-0.1, -0.05) is 48.5 Å². The smallest absolute Gasteiger partial charge is 0.127 e. The van der Waals surface area contributed by atoms with E-state index in [-0.39, 0.29) is 12.4 Å². The van der Waals surface area contributed by atoms with Crippen LogP contribution in [0, 0.1) is 0 Å². The third-order valence-corrected chi connectivity index (χ3v) is 3.55. The van der Waals surface area contributed by atoms with Gasteiger partial charge in [-0.2, -0.15) is 0 Å². The van der Waals surface area contributed by atoms with Crippen molar-refractivity contribution in [2.45, 2.75) is 18.9 Å². The van der Waals surface area contributed by atoms with Gasteiger partial charge >= 0.3 is 0 Å². The van der Waals surface area contributed by atoms with E-state index in [1.807, 2.05) is 12.1 Å². The van der Waals surface area contributed by atoms with Gasteiger partial charge < -0.3 is 22.5 Å². The van der Waals surface area contributed by atoms with Gasteiger partial charge in [-0.3, -0.25) is 0 Å². The van der Waals surface area contributed by atoms with Crippen LogP contribution in [0.15, 0.2) is 54.6 Å². The molecular formula is C17H19ClNO-. The molecule has 0 aliphatic carbocycles. The number of nitrogens with one attached hydrogen (secondary N) is 1. The fourth-order valence-corrected chi connectivity index (χ4v) is 2.52. The Hall–Kier alpha value is -1.51. The molecule has 1 aliphatic heterocycles. The molecule has 0 unspecified atom stereocenters. The minimum atomic E-state index is 0. The Morgan fingerprint density at radius 2 is 1.50 bits per heavy atom. The van der Waals surface area contributed by atoms with Crippen LogP contribution in [0.25, 0.3) is 11.1 Å². The number of hydrogen-bond donors (Lipinski definition) is 1. The second-order valence-corrected chi connectivity index (χ2v) is 4.93. The van der Waals surface area contributed by atoms with Crippen LogP contribution in [0.5, 0.6) is 5.75 Å². The number of halogens is 1. The summed E-state index contributed by atoms with van der Waals surface area (Å²) in [7, 11) is 0. The molecule has 20 heavy (non-hydrogen) atoms. The van der Waals surface area contributed by atoms with Crippen LogP contribution in [0.4, 0.5) is 0 Å². The standard InChI is InChI=1S/C17H19NO.ClH/c1-2-6-14(7-3-1)16-8-4-5-9-17(16)19-15-10-12-18-13-11-15;/h1-9,15,18H,10-13H2;1H/p-1. The van der Waals surface area contributed by atoms with Gasteiger partial charge in [-0.15, -0.1) is 0 Å². The summed E-state index contributed by atoms with van der Waals surface area (Å²) in [5, 5.41) is 3.37. The first kappa shape index (κ1) is 14.9. The van der Waals surface area contributed by atoms with Crippen molar-refractivity contribution in [1.82, 2.24) is 5.32 Å². The third-order valence-electron chi connectivity index (χ3n) is 3.55. The second-order valence-electron chi connectivity index (χ2n) is 4.93. The molecule has 0 atom stereocenters. The summed E-state index contributed by atoms with van der Waals surface area (Å²) in [6.07, 6.45) is 2.51. The van der Waals surface area contributed by atoms with Crippen molar-refractivity contribution < 1.29 is 17.1 Å². The van der Waals surface area contributed by atoms with E-state index in [0.29, 0.717) is 6.10 Å². The Morgan fingerprint density at radius 3 is 2.25 bits per heavy atom. The molecule has 2 aromatic carbocycles. The summed E-state index contributed by atoms with van der Waals surface area (Å²) in [5.74, 6) is 1.00. The minimum Gasteiger partial charge on any atom is -1.00 e. The SMILES string of the molecule is [Cl-].c1ccc(-c2ccccc2OC2CCNCC2)cc1. The van der Waals surface area contributed by atoms with Gasteiger partial charge in [-0.05, 0) is 37.6 Å². The Labute approximate surface area is 126 Å². The predicted molar refractivity (Wildman–Crippen MR) is 78.4 cm³/mol. The molecule has 1 fully saturated rings. The number of para-hydroxylation sites is 1. The number of piperidine rings is 1. The number of benzene rings is 2. The van der Waals surface area contributed by atoms with Gasteiger partial charge in [0.1, 0.15) is 11.9 Å². The average molecular weight is 289 g/mol. The van der Waals surface area contributed by atoms with Gasteiger partial charge in [0.05, 0.1) is 0 Å². The Balaban J connectivity index is 0.00000147. The van der Waals surface area contributed by atoms with E-state index in [2.05, 4.69) is 47.8 Å². The van der Waals surface area contributed by atoms with Crippen molar-refractivity contribution >= 4 is 0 Å². The molecular weight excluding hydrogens is 270 g/mol. The maximum absolute atomic E-state index is 6.20. The predicted octanol–water partition coefficient (Wildman–Crippen LogP) is 0.488. The zero-order valence-electron chi connectivity index (χ0n) is 11.4. The quantitative estimate of drug-likeness (QED) is 0.888. The fourth-order valence-electron chi connectivity index (χ4n) is 2.52. The molecule has 1 saturated heterocycles. The summed E-state index contributed by atoms with van der Waals surface area (Å²) < 4.78 is 6.20. The van der Waals surface area contributed by atoms with Crippen LogP contribution in [0.1, 0.15) is 12.8 Å². The Kier molecular flexibility index (Phi) is 5.45. The van der Waals surface area contributed by atoms with Crippen molar-refractivity contribution in [2.75, 3.05) is 13.1 Å². The molecule has 0 spiro atoms. The molecule has 3 rings (SSSR count). The molecule has 2 nitrogen and oxygen atoms in total. The molecule has 106 valence electrons. The summed E-state index contributed by atoms with van der Waals surface area (Å²) in [6.45, 7) is 2.11. The lowest BCUT2D eigenvalue weighted by Gasteiger charge is -2.25. The van der Waals surface area contributed by atoms with E-state index >= 15 is 0 Å². The van der Waals surface area contributed by atoms with Crippen LogP contribution in [-0.4, -0.2) is 19.2 Å². The Bertz CT molecular complexity index is 524. The van der Waals surface area contributed by atoms with Gasteiger partial charge in [-0.25, -0.2) is 0 Å². The molecule has 0 aromatic heterocycles. The molecule has 0 radical (unpaired) electrons. The zero-order valence-corrected chi connectivity index (χ0v) is 12.1. The van der Waals surface area contributed by atoms with Gasteiger partial charge in [0.2, 0.25) is 0 Å². The highest BCUT2D eigenvalue weighted by Crippen LogP contribution is 2.31. The lowest BCUT2D eigenvalue weighted by molar-refractivity contribution is -0.00000499. The first-order valence-electron chi connectivity index (χ1n) is 6.95. The monoisotopic (exact) mass is 288 g/mol. The molecule has 0 amide bonds. The summed E-state index contributed by atoms with van der Waals surface area (Å²) in [6, 6.07) is 18.7.